The van der Waals surface area contributed by atoms with Crippen molar-refractivity contribution in [3.05, 3.63) is 71.1 Å². The van der Waals surface area contributed by atoms with Gasteiger partial charge in [0, 0.05) is 37.0 Å². The number of hydrogen-bond acceptors (Lipinski definition) is 6. The van der Waals surface area contributed by atoms with Crippen molar-refractivity contribution in [1.29, 1.82) is 0 Å². The van der Waals surface area contributed by atoms with Crippen LogP contribution in [0.4, 0.5) is 16.0 Å². The van der Waals surface area contributed by atoms with Crippen LogP contribution in [0.3, 0.4) is 0 Å². The van der Waals surface area contributed by atoms with Crippen molar-refractivity contribution in [2.45, 2.75) is 50.7 Å². The minimum atomic E-state index is -0.254. The van der Waals surface area contributed by atoms with Gasteiger partial charge in [-0.15, -0.1) is 0 Å². The summed E-state index contributed by atoms with van der Waals surface area (Å²) in [6.07, 6.45) is 6.79. The molecule has 0 atom stereocenters. The van der Waals surface area contributed by atoms with Crippen molar-refractivity contribution in [3.8, 4) is 11.3 Å². The van der Waals surface area contributed by atoms with Crippen molar-refractivity contribution in [3.63, 3.8) is 0 Å². The number of halogens is 2. The molecule has 34 heavy (non-hydrogen) atoms. The van der Waals surface area contributed by atoms with Gasteiger partial charge in [-0.05, 0) is 74.5 Å². The number of benzene rings is 1. The smallest absolute Gasteiger partial charge is 0.126 e. The van der Waals surface area contributed by atoms with Crippen LogP contribution < -0.4 is 16.0 Å². The molecular weight excluding hydrogens is 453 g/mol. The number of rotatable bonds is 10. The van der Waals surface area contributed by atoms with E-state index in [9.17, 15) is 4.39 Å². The Balaban J connectivity index is 1.38. The summed E-state index contributed by atoms with van der Waals surface area (Å²) in [4.78, 5) is 9.18. The number of nitrogens with zero attached hydrogens (tertiary/aromatic N) is 2. The highest BCUT2D eigenvalue weighted by molar-refractivity contribution is 6.33. The molecule has 1 aliphatic rings. The van der Waals surface area contributed by atoms with E-state index in [0.29, 0.717) is 29.5 Å². The molecule has 0 unspecified atom stereocenters. The number of aliphatic hydroxyl groups excluding tert-OH is 1. The Labute approximate surface area is 205 Å². The Morgan fingerprint density at radius 2 is 1.79 bits per heavy atom. The monoisotopic (exact) mass is 483 g/mol. The summed E-state index contributed by atoms with van der Waals surface area (Å²) in [6, 6.07) is 15.1. The highest BCUT2D eigenvalue weighted by Crippen LogP contribution is 2.30. The van der Waals surface area contributed by atoms with E-state index in [0.717, 1.165) is 61.3 Å². The molecule has 4 N–H and O–H groups in total. The van der Waals surface area contributed by atoms with Gasteiger partial charge in [-0.3, -0.25) is 0 Å². The Morgan fingerprint density at radius 1 is 1.00 bits per heavy atom. The predicted molar refractivity (Wildman–Crippen MR) is 136 cm³/mol. The maximum absolute atomic E-state index is 13.4. The van der Waals surface area contributed by atoms with Crippen LogP contribution >= 0.6 is 11.6 Å². The average Bonchev–Trinajstić information content (AvgIpc) is 2.85. The maximum atomic E-state index is 13.4. The number of aliphatic hydroxyl groups is 1. The van der Waals surface area contributed by atoms with Gasteiger partial charge < -0.3 is 21.1 Å². The number of pyridine rings is 2. The largest absolute Gasteiger partial charge is 0.396 e. The second-order valence-electron chi connectivity index (χ2n) is 8.67. The Bertz CT molecular complexity index is 1070. The average molecular weight is 484 g/mol. The second kappa shape index (κ2) is 12.1. The SMILES string of the molecule is OCCCN[C@H]1CC[C@H](Nc2cc(-c3cccc(NCc4cccc(F)c4)n3)c(Cl)cn2)CC1. The summed E-state index contributed by atoms with van der Waals surface area (Å²) >= 11 is 6.48. The van der Waals surface area contributed by atoms with E-state index in [4.69, 9.17) is 21.7 Å². The molecule has 2 aromatic heterocycles. The first-order chi connectivity index (χ1) is 16.6. The molecule has 8 heteroatoms. The lowest BCUT2D eigenvalue weighted by atomic mass is 9.91. The fourth-order valence-electron chi connectivity index (χ4n) is 4.27. The van der Waals surface area contributed by atoms with Gasteiger partial charge in [-0.2, -0.15) is 0 Å². The van der Waals surface area contributed by atoms with Crippen LogP contribution in [-0.2, 0) is 6.54 Å². The summed E-state index contributed by atoms with van der Waals surface area (Å²) < 4.78 is 13.4. The highest BCUT2D eigenvalue weighted by Gasteiger charge is 2.21. The van der Waals surface area contributed by atoms with Gasteiger partial charge in [-0.25, -0.2) is 14.4 Å². The molecule has 1 aromatic carbocycles. The van der Waals surface area contributed by atoms with Crippen LogP contribution in [0.15, 0.2) is 54.7 Å². The number of hydrogen-bond donors (Lipinski definition) is 4. The quantitative estimate of drug-likeness (QED) is 0.295. The zero-order chi connectivity index (χ0) is 23.8. The molecule has 0 amide bonds. The second-order valence-corrected chi connectivity index (χ2v) is 9.07. The van der Waals surface area contributed by atoms with E-state index in [-0.39, 0.29) is 12.4 Å². The molecule has 0 aliphatic heterocycles. The molecular formula is C26H31ClFN5O. The standard InChI is InChI=1S/C26H31ClFN5O/c27-23-17-31-26(32-21-10-8-20(9-11-21)29-12-3-13-34)15-22(23)24-6-2-7-25(33-24)30-16-18-4-1-5-19(28)14-18/h1-2,4-7,14-15,17,20-21,29,34H,3,8-13,16H2,(H,30,33)(H,31,32)/t20-,21-. The van der Waals surface area contributed by atoms with E-state index in [1.165, 1.54) is 12.1 Å². The topological polar surface area (TPSA) is 82.1 Å². The van der Waals surface area contributed by atoms with Crippen LogP contribution in [0.25, 0.3) is 11.3 Å². The molecule has 3 aromatic rings. The van der Waals surface area contributed by atoms with E-state index >= 15 is 0 Å². The normalized spacial score (nSPS) is 18.0. The third-order valence-corrected chi connectivity index (χ3v) is 6.39. The zero-order valence-corrected chi connectivity index (χ0v) is 19.9. The summed E-state index contributed by atoms with van der Waals surface area (Å²) in [7, 11) is 0. The third kappa shape index (κ3) is 6.88. The number of nitrogens with one attached hydrogen (secondary N) is 3. The minimum absolute atomic E-state index is 0.231. The fraction of sp³-hybridized carbons (Fsp3) is 0.385. The predicted octanol–water partition coefficient (Wildman–Crippen LogP) is 5.24. The summed E-state index contributed by atoms with van der Waals surface area (Å²) in [5.41, 5.74) is 2.41. The molecule has 2 heterocycles. The van der Waals surface area contributed by atoms with Gasteiger partial charge >= 0.3 is 0 Å². The van der Waals surface area contributed by atoms with E-state index < -0.39 is 0 Å². The Hall–Kier alpha value is -2.74. The first-order valence-corrected chi connectivity index (χ1v) is 12.2. The molecule has 4 rings (SSSR count). The maximum Gasteiger partial charge on any atom is 0.126 e. The molecule has 0 saturated heterocycles. The molecule has 1 fully saturated rings. The van der Waals surface area contributed by atoms with Gasteiger partial charge in [0.1, 0.15) is 17.5 Å². The first kappa shape index (κ1) is 24.4. The van der Waals surface area contributed by atoms with Crippen LogP contribution in [0.5, 0.6) is 0 Å². The molecule has 180 valence electrons. The highest BCUT2D eigenvalue weighted by atomic mass is 35.5. The van der Waals surface area contributed by atoms with Gasteiger partial charge in [-0.1, -0.05) is 29.8 Å². The molecule has 1 aliphatic carbocycles. The number of aromatic nitrogens is 2. The van der Waals surface area contributed by atoms with Gasteiger partial charge in [0.15, 0.2) is 0 Å². The van der Waals surface area contributed by atoms with E-state index in [1.807, 2.05) is 30.3 Å². The van der Waals surface area contributed by atoms with Gasteiger partial charge in [0.25, 0.3) is 0 Å². The zero-order valence-electron chi connectivity index (χ0n) is 19.1. The molecule has 0 bridgehead atoms. The van der Waals surface area contributed by atoms with Crippen LogP contribution in [0, 0.1) is 5.82 Å². The van der Waals surface area contributed by atoms with Gasteiger partial charge in [0.2, 0.25) is 0 Å². The van der Waals surface area contributed by atoms with E-state index in [1.54, 1.807) is 12.3 Å². The lowest BCUT2D eigenvalue weighted by Gasteiger charge is -2.30. The number of anilines is 2. The van der Waals surface area contributed by atoms with Crippen molar-refractivity contribution in [2.24, 2.45) is 0 Å². The fourth-order valence-corrected chi connectivity index (χ4v) is 4.47. The van der Waals surface area contributed by atoms with E-state index in [2.05, 4.69) is 20.9 Å². The summed E-state index contributed by atoms with van der Waals surface area (Å²) in [6.45, 7) is 1.57. The van der Waals surface area contributed by atoms with Crippen molar-refractivity contribution in [2.75, 3.05) is 23.8 Å². The molecule has 1 saturated carbocycles. The van der Waals surface area contributed by atoms with Crippen LogP contribution in [-0.4, -0.2) is 40.3 Å². The first-order valence-electron chi connectivity index (χ1n) is 11.8. The Morgan fingerprint density at radius 3 is 2.59 bits per heavy atom. The van der Waals surface area contributed by atoms with Crippen molar-refractivity contribution < 1.29 is 9.50 Å². The molecule has 0 spiro atoms. The molecule has 0 radical (unpaired) electrons. The Kier molecular flexibility index (Phi) is 8.68. The summed E-state index contributed by atoms with van der Waals surface area (Å²) in [5, 5.41) is 19.8. The van der Waals surface area contributed by atoms with Gasteiger partial charge in [0.05, 0.1) is 10.7 Å². The minimum Gasteiger partial charge on any atom is -0.396 e. The molecule has 6 nitrogen and oxygen atoms in total. The summed E-state index contributed by atoms with van der Waals surface area (Å²) in [5.74, 6) is 1.23. The van der Waals surface area contributed by atoms with Crippen molar-refractivity contribution in [1.82, 2.24) is 15.3 Å². The lowest BCUT2D eigenvalue weighted by Crippen LogP contribution is -2.37. The lowest BCUT2D eigenvalue weighted by molar-refractivity contribution is 0.276. The third-order valence-electron chi connectivity index (χ3n) is 6.09. The van der Waals surface area contributed by atoms with Crippen LogP contribution in [0.2, 0.25) is 5.02 Å². The van der Waals surface area contributed by atoms with Crippen molar-refractivity contribution >= 4 is 23.2 Å². The van der Waals surface area contributed by atoms with Crippen LogP contribution in [0.1, 0.15) is 37.7 Å².